The summed E-state index contributed by atoms with van der Waals surface area (Å²) in [6.45, 7) is 2.52. The molecule has 0 bridgehead atoms. The van der Waals surface area contributed by atoms with E-state index in [1.54, 1.807) is 6.07 Å². The number of allylic oxidation sites excluding steroid dienone is 3. The van der Waals surface area contributed by atoms with Crippen LogP contribution in [0.4, 0.5) is 0 Å². The molecular weight excluding hydrogens is 240 g/mol. The molecular formula is C15H16N2O2. The Hall–Kier alpha value is -2.36. The largest absolute Gasteiger partial charge is 0.432 e. The number of aromatic nitrogens is 1. The second-order valence-electron chi connectivity index (χ2n) is 3.99. The quantitative estimate of drug-likeness (QED) is 0.660. The second kappa shape index (κ2) is 6.54. The summed E-state index contributed by atoms with van der Waals surface area (Å²) < 4.78 is 5.37. The number of rotatable bonds is 5. The Bertz CT molecular complexity index is 578. The van der Waals surface area contributed by atoms with E-state index in [2.05, 4.69) is 10.3 Å². The highest BCUT2D eigenvalue weighted by atomic mass is 16.4. The van der Waals surface area contributed by atoms with Crippen molar-refractivity contribution in [2.75, 3.05) is 6.54 Å². The van der Waals surface area contributed by atoms with Gasteiger partial charge in [-0.1, -0.05) is 36.4 Å². The van der Waals surface area contributed by atoms with Crippen LogP contribution in [-0.4, -0.2) is 17.4 Å². The lowest BCUT2D eigenvalue weighted by Crippen LogP contribution is -2.24. The normalized spacial score (nSPS) is 11.6. The monoisotopic (exact) mass is 256 g/mol. The Balaban J connectivity index is 1.89. The van der Waals surface area contributed by atoms with Crippen molar-refractivity contribution in [1.82, 2.24) is 10.3 Å². The molecule has 0 unspecified atom stereocenters. The average Bonchev–Trinajstić information content (AvgIpc) is 2.86. The number of oxazole rings is 1. The van der Waals surface area contributed by atoms with Crippen molar-refractivity contribution in [2.24, 2.45) is 0 Å². The van der Waals surface area contributed by atoms with Crippen molar-refractivity contribution >= 4 is 17.0 Å². The standard InChI is InChI=1S/C15H16N2O2/c1-2-3-4-5-8-11-16-14(18)15-17-12-9-6-7-10-13(12)19-15/h2-7,9-10H,8,11H2,1H3,(H,16,18)/b3-2-,5-4-. The molecule has 1 aromatic carbocycles. The number of benzene rings is 1. The number of para-hydroxylation sites is 2. The van der Waals surface area contributed by atoms with Crippen molar-refractivity contribution in [3.8, 4) is 0 Å². The van der Waals surface area contributed by atoms with Gasteiger partial charge in [0.2, 0.25) is 0 Å². The lowest BCUT2D eigenvalue weighted by Gasteiger charge is -1.98. The molecule has 0 aliphatic heterocycles. The number of hydrogen-bond donors (Lipinski definition) is 1. The van der Waals surface area contributed by atoms with Crippen molar-refractivity contribution in [3.05, 3.63) is 54.5 Å². The highest BCUT2D eigenvalue weighted by molar-refractivity contribution is 5.92. The number of amides is 1. The van der Waals surface area contributed by atoms with E-state index in [0.717, 1.165) is 6.42 Å². The molecule has 1 aromatic heterocycles. The molecule has 4 heteroatoms. The minimum atomic E-state index is -0.282. The molecule has 0 aliphatic rings. The minimum absolute atomic E-state index is 0.110. The predicted molar refractivity (Wildman–Crippen MR) is 74.9 cm³/mol. The van der Waals surface area contributed by atoms with Crippen LogP contribution in [0.2, 0.25) is 0 Å². The molecule has 0 aliphatic carbocycles. The third-order valence-corrected chi connectivity index (χ3v) is 2.52. The van der Waals surface area contributed by atoms with Crippen molar-refractivity contribution in [2.45, 2.75) is 13.3 Å². The van der Waals surface area contributed by atoms with Crippen LogP contribution in [-0.2, 0) is 0 Å². The van der Waals surface area contributed by atoms with Crippen LogP contribution in [0.5, 0.6) is 0 Å². The van der Waals surface area contributed by atoms with Gasteiger partial charge in [-0.2, -0.15) is 0 Å². The fourth-order valence-corrected chi connectivity index (χ4v) is 1.60. The second-order valence-corrected chi connectivity index (χ2v) is 3.99. The first-order valence-electron chi connectivity index (χ1n) is 6.23. The summed E-state index contributed by atoms with van der Waals surface area (Å²) >= 11 is 0. The van der Waals surface area contributed by atoms with Crippen molar-refractivity contribution in [1.29, 1.82) is 0 Å². The molecule has 1 N–H and O–H groups in total. The van der Waals surface area contributed by atoms with Gasteiger partial charge in [0, 0.05) is 6.54 Å². The average molecular weight is 256 g/mol. The lowest BCUT2D eigenvalue weighted by molar-refractivity contribution is 0.0922. The fraction of sp³-hybridized carbons (Fsp3) is 0.200. The summed E-state index contributed by atoms with van der Waals surface area (Å²) in [4.78, 5) is 15.9. The van der Waals surface area contributed by atoms with Gasteiger partial charge < -0.3 is 9.73 Å². The first-order chi connectivity index (χ1) is 9.31. The number of nitrogens with one attached hydrogen (secondary N) is 1. The van der Waals surface area contributed by atoms with E-state index in [4.69, 9.17) is 4.42 Å². The molecule has 1 heterocycles. The Morgan fingerprint density at radius 3 is 3.00 bits per heavy atom. The summed E-state index contributed by atoms with van der Waals surface area (Å²) in [6, 6.07) is 7.31. The van der Waals surface area contributed by atoms with Gasteiger partial charge in [-0.3, -0.25) is 4.79 Å². The number of carbonyl (C=O) groups is 1. The zero-order valence-corrected chi connectivity index (χ0v) is 10.8. The Labute approximate surface area is 111 Å². The maximum absolute atomic E-state index is 11.8. The molecule has 4 nitrogen and oxygen atoms in total. The van der Waals surface area contributed by atoms with Crippen LogP contribution in [0.3, 0.4) is 0 Å². The predicted octanol–water partition coefficient (Wildman–Crippen LogP) is 3.08. The maximum Gasteiger partial charge on any atom is 0.307 e. The Kier molecular flexibility index (Phi) is 4.50. The van der Waals surface area contributed by atoms with E-state index in [9.17, 15) is 4.79 Å². The summed E-state index contributed by atoms with van der Waals surface area (Å²) in [5, 5.41) is 2.77. The van der Waals surface area contributed by atoms with Crippen molar-refractivity contribution < 1.29 is 9.21 Å². The van der Waals surface area contributed by atoms with Crippen LogP contribution in [0, 0.1) is 0 Å². The first kappa shape index (κ1) is 13.1. The topological polar surface area (TPSA) is 55.1 Å². The number of hydrogen-bond acceptors (Lipinski definition) is 3. The Morgan fingerprint density at radius 1 is 1.37 bits per heavy atom. The molecule has 0 spiro atoms. The molecule has 0 fully saturated rings. The van der Waals surface area contributed by atoms with Gasteiger partial charge in [0.05, 0.1) is 0 Å². The highest BCUT2D eigenvalue weighted by Gasteiger charge is 2.12. The summed E-state index contributed by atoms with van der Waals surface area (Å²) in [6.07, 6.45) is 8.62. The molecule has 0 saturated heterocycles. The Morgan fingerprint density at radius 2 is 2.21 bits per heavy atom. The number of nitrogens with zero attached hydrogens (tertiary/aromatic N) is 1. The van der Waals surface area contributed by atoms with Gasteiger partial charge >= 0.3 is 5.91 Å². The van der Waals surface area contributed by atoms with Crippen LogP contribution in [0.25, 0.3) is 11.1 Å². The van der Waals surface area contributed by atoms with E-state index >= 15 is 0 Å². The third-order valence-electron chi connectivity index (χ3n) is 2.52. The van der Waals surface area contributed by atoms with E-state index in [0.29, 0.717) is 17.6 Å². The molecule has 19 heavy (non-hydrogen) atoms. The van der Waals surface area contributed by atoms with Crippen LogP contribution >= 0.6 is 0 Å². The molecule has 0 saturated carbocycles. The van der Waals surface area contributed by atoms with Gasteiger partial charge in [0.15, 0.2) is 5.58 Å². The molecule has 98 valence electrons. The van der Waals surface area contributed by atoms with E-state index in [-0.39, 0.29) is 11.8 Å². The summed E-state index contributed by atoms with van der Waals surface area (Å²) in [5.74, 6) is -0.172. The van der Waals surface area contributed by atoms with Crippen molar-refractivity contribution in [3.63, 3.8) is 0 Å². The zero-order chi connectivity index (χ0) is 13.5. The summed E-state index contributed by atoms with van der Waals surface area (Å²) in [5.41, 5.74) is 1.32. The van der Waals surface area contributed by atoms with Gasteiger partial charge in [0.25, 0.3) is 5.89 Å². The lowest BCUT2D eigenvalue weighted by atomic mass is 10.3. The van der Waals surface area contributed by atoms with Gasteiger partial charge in [-0.05, 0) is 25.5 Å². The molecule has 2 rings (SSSR count). The van der Waals surface area contributed by atoms with E-state index in [1.807, 2.05) is 49.4 Å². The van der Waals surface area contributed by atoms with Gasteiger partial charge in [-0.15, -0.1) is 0 Å². The molecule has 1 amide bonds. The summed E-state index contributed by atoms with van der Waals surface area (Å²) in [7, 11) is 0. The molecule has 2 aromatic rings. The van der Waals surface area contributed by atoms with E-state index in [1.165, 1.54) is 0 Å². The minimum Gasteiger partial charge on any atom is -0.432 e. The van der Waals surface area contributed by atoms with Crippen LogP contribution in [0.1, 0.15) is 24.0 Å². The van der Waals surface area contributed by atoms with Crippen LogP contribution in [0.15, 0.2) is 53.0 Å². The zero-order valence-electron chi connectivity index (χ0n) is 10.8. The number of fused-ring (bicyclic) bond motifs is 1. The first-order valence-corrected chi connectivity index (χ1v) is 6.23. The highest BCUT2D eigenvalue weighted by Crippen LogP contribution is 2.14. The molecule has 0 atom stereocenters. The van der Waals surface area contributed by atoms with Crippen LogP contribution < -0.4 is 5.32 Å². The van der Waals surface area contributed by atoms with Gasteiger partial charge in [0.1, 0.15) is 5.52 Å². The van der Waals surface area contributed by atoms with Gasteiger partial charge in [-0.25, -0.2) is 4.98 Å². The smallest absolute Gasteiger partial charge is 0.307 e. The fourth-order valence-electron chi connectivity index (χ4n) is 1.60. The third kappa shape index (κ3) is 3.55. The maximum atomic E-state index is 11.8. The molecule has 0 radical (unpaired) electrons. The van der Waals surface area contributed by atoms with E-state index < -0.39 is 0 Å². The number of carbonyl (C=O) groups excluding carboxylic acids is 1. The SMILES string of the molecule is C/C=C\C=C/CCNC(=O)c1nc2ccccc2o1.